The number of benzene rings is 1. The van der Waals surface area contributed by atoms with Gasteiger partial charge >= 0.3 is 0 Å². The molecule has 1 N–H and O–H groups in total. The SMILES string of the molecule is O=C(CCCCCCOCCCc1ccccc1)NC12CC3CC(CC(C3)C1)C2. The normalized spacial score (nSPS) is 29.9. The molecule has 29 heavy (non-hydrogen) atoms. The number of unbranched alkanes of at least 4 members (excludes halogenated alkanes) is 3. The molecule has 0 unspecified atom stereocenters. The highest BCUT2D eigenvalue weighted by Crippen LogP contribution is 2.55. The summed E-state index contributed by atoms with van der Waals surface area (Å²) in [4.78, 5) is 12.5. The first-order chi connectivity index (χ1) is 14.2. The van der Waals surface area contributed by atoms with Gasteiger partial charge in [0.2, 0.25) is 5.91 Å². The maximum absolute atomic E-state index is 12.5. The number of amides is 1. The van der Waals surface area contributed by atoms with E-state index in [4.69, 9.17) is 4.74 Å². The first kappa shape index (κ1) is 20.9. The van der Waals surface area contributed by atoms with E-state index in [9.17, 15) is 4.79 Å². The Bertz CT molecular complexity index is 606. The van der Waals surface area contributed by atoms with E-state index in [0.29, 0.717) is 12.3 Å². The van der Waals surface area contributed by atoms with Gasteiger partial charge in [0, 0.05) is 25.2 Å². The number of carbonyl (C=O) groups is 1. The van der Waals surface area contributed by atoms with Crippen LogP contribution < -0.4 is 5.32 Å². The molecule has 4 fully saturated rings. The topological polar surface area (TPSA) is 38.3 Å². The molecule has 1 aromatic carbocycles. The lowest BCUT2D eigenvalue weighted by Gasteiger charge is -2.56. The van der Waals surface area contributed by atoms with Gasteiger partial charge in [-0.1, -0.05) is 43.2 Å². The van der Waals surface area contributed by atoms with Gasteiger partial charge in [0.1, 0.15) is 0 Å². The van der Waals surface area contributed by atoms with Crippen LogP contribution in [-0.4, -0.2) is 24.7 Å². The minimum absolute atomic E-state index is 0.180. The van der Waals surface area contributed by atoms with Crippen molar-refractivity contribution < 1.29 is 9.53 Å². The molecule has 0 aromatic heterocycles. The van der Waals surface area contributed by atoms with E-state index in [0.717, 1.165) is 63.1 Å². The van der Waals surface area contributed by atoms with E-state index in [1.54, 1.807) is 0 Å². The molecule has 0 aliphatic heterocycles. The van der Waals surface area contributed by atoms with Crippen LogP contribution in [0.1, 0.15) is 82.6 Å². The van der Waals surface area contributed by atoms with Crippen LogP contribution in [-0.2, 0) is 16.0 Å². The second-order valence-corrected chi connectivity index (χ2v) is 10.1. The standard InChI is InChI=1S/C26H39NO2/c28-25(27-26-18-22-15-23(19-26)17-24(16-22)20-26)12-6-1-2-7-13-29-14-8-11-21-9-4-3-5-10-21/h3-5,9-10,22-24H,1-2,6-8,11-20H2,(H,27,28). The third kappa shape index (κ3) is 6.07. The zero-order valence-corrected chi connectivity index (χ0v) is 18.0. The largest absolute Gasteiger partial charge is 0.381 e. The zero-order valence-electron chi connectivity index (χ0n) is 18.0. The van der Waals surface area contributed by atoms with Crippen LogP contribution in [0, 0.1) is 17.8 Å². The molecule has 0 saturated heterocycles. The molecule has 0 spiro atoms. The van der Waals surface area contributed by atoms with Crippen molar-refractivity contribution in [2.45, 2.75) is 89.0 Å². The van der Waals surface area contributed by atoms with Gasteiger partial charge < -0.3 is 10.1 Å². The van der Waals surface area contributed by atoms with Crippen molar-refractivity contribution >= 4 is 5.91 Å². The fourth-order valence-electron chi connectivity index (χ4n) is 6.59. The van der Waals surface area contributed by atoms with Crippen molar-refractivity contribution in [2.75, 3.05) is 13.2 Å². The monoisotopic (exact) mass is 397 g/mol. The van der Waals surface area contributed by atoms with Crippen molar-refractivity contribution in [3.8, 4) is 0 Å². The van der Waals surface area contributed by atoms with E-state index in [2.05, 4.69) is 35.6 Å². The average Bonchev–Trinajstić information content (AvgIpc) is 2.69. The minimum Gasteiger partial charge on any atom is -0.381 e. The molecule has 3 nitrogen and oxygen atoms in total. The Hall–Kier alpha value is -1.35. The highest BCUT2D eigenvalue weighted by atomic mass is 16.5. The maximum atomic E-state index is 12.5. The predicted octanol–water partition coefficient (Wildman–Crippen LogP) is 5.67. The van der Waals surface area contributed by atoms with Gasteiger partial charge in [0.25, 0.3) is 0 Å². The van der Waals surface area contributed by atoms with E-state index in [-0.39, 0.29) is 5.54 Å². The second kappa shape index (κ2) is 10.1. The van der Waals surface area contributed by atoms with Crippen molar-refractivity contribution in [1.82, 2.24) is 5.32 Å². The van der Waals surface area contributed by atoms with Crippen LogP contribution in [0.4, 0.5) is 0 Å². The maximum Gasteiger partial charge on any atom is 0.220 e. The van der Waals surface area contributed by atoms with E-state index in [1.165, 1.54) is 50.5 Å². The van der Waals surface area contributed by atoms with Crippen molar-refractivity contribution in [3.63, 3.8) is 0 Å². The molecular formula is C26H39NO2. The first-order valence-corrected chi connectivity index (χ1v) is 12.1. The molecule has 4 aliphatic rings. The Morgan fingerprint density at radius 2 is 1.48 bits per heavy atom. The summed E-state index contributed by atoms with van der Waals surface area (Å²) in [6, 6.07) is 10.6. The molecule has 3 heteroatoms. The minimum atomic E-state index is 0.180. The summed E-state index contributed by atoms with van der Waals surface area (Å²) in [7, 11) is 0. The fourth-order valence-corrected chi connectivity index (χ4v) is 6.59. The van der Waals surface area contributed by atoms with Crippen LogP contribution in [0.5, 0.6) is 0 Å². The molecule has 1 aromatic rings. The molecule has 4 bridgehead atoms. The molecular weight excluding hydrogens is 358 g/mol. The number of hydrogen-bond donors (Lipinski definition) is 1. The molecule has 0 radical (unpaired) electrons. The summed E-state index contributed by atoms with van der Waals surface area (Å²) >= 11 is 0. The van der Waals surface area contributed by atoms with Gasteiger partial charge in [-0.05, 0) is 87.5 Å². The van der Waals surface area contributed by atoms with Gasteiger partial charge in [-0.2, -0.15) is 0 Å². The third-order valence-corrected chi connectivity index (χ3v) is 7.48. The molecule has 160 valence electrons. The fraction of sp³-hybridized carbons (Fsp3) is 0.731. The summed E-state index contributed by atoms with van der Waals surface area (Å²) in [5.41, 5.74) is 1.57. The predicted molar refractivity (Wildman–Crippen MR) is 118 cm³/mol. The lowest BCUT2D eigenvalue weighted by Crippen LogP contribution is -2.59. The Labute approximate surface area is 177 Å². The van der Waals surface area contributed by atoms with Gasteiger partial charge in [0.05, 0.1) is 0 Å². The smallest absolute Gasteiger partial charge is 0.220 e. The van der Waals surface area contributed by atoms with E-state index < -0.39 is 0 Å². The highest BCUT2D eigenvalue weighted by Gasteiger charge is 2.51. The quantitative estimate of drug-likeness (QED) is 0.461. The van der Waals surface area contributed by atoms with Crippen LogP contribution in [0.2, 0.25) is 0 Å². The zero-order chi connectivity index (χ0) is 19.9. The number of rotatable bonds is 12. The van der Waals surface area contributed by atoms with Gasteiger partial charge in [-0.25, -0.2) is 0 Å². The summed E-state index contributed by atoms with van der Waals surface area (Å²) in [5, 5.41) is 3.50. The van der Waals surface area contributed by atoms with E-state index in [1.807, 2.05) is 0 Å². The second-order valence-electron chi connectivity index (χ2n) is 10.1. The lowest BCUT2D eigenvalue weighted by molar-refractivity contribution is -0.127. The van der Waals surface area contributed by atoms with Crippen LogP contribution in [0.25, 0.3) is 0 Å². The van der Waals surface area contributed by atoms with Crippen LogP contribution in [0.15, 0.2) is 30.3 Å². The number of nitrogens with one attached hydrogen (secondary N) is 1. The van der Waals surface area contributed by atoms with Gasteiger partial charge in [-0.15, -0.1) is 0 Å². The Balaban J connectivity index is 0.998. The van der Waals surface area contributed by atoms with Gasteiger partial charge in [0.15, 0.2) is 0 Å². The van der Waals surface area contributed by atoms with Crippen molar-refractivity contribution in [2.24, 2.45) is 17.8 Å². The average molecular weight is 398 g/mol. The lowest BCUT2D eigenvalue weighted by atomic mass is 9.53. The molecule has 0 heterocycles. The summed E-state index contributed by atoms with van der Waals surface area (Å²) in [6.07, 6.45) is 15.4. The van der Waals surface area contributed by atoms with Crippen molar-refractivity contribution in [1.29, 1.82) is 0 Å². The van der Waals surface area contributed by atoms with Gasteiger partial charge in [-0.3, -0.25) is 4.79 Å². The molecule has 1 amide bonds. The highest BCUT2D eigenvalue weighted by molar-refractivity contribution is 5.76. The number of carbonyl (C=O) groups excluding carboxylic acids is 1. The number of ether oxygens (including phenoxy) is 1. The van der Waals surface area contributed by atoms with Crippen LogP contribution in [0.3, 0.4) is 0 Å². The Morgan fingerprint density at radius 1 is 0.862 bits per heavy atom. The molecule has 0 atom stereocenters. The number of hydrogen-bond acceptors (Lipinski definition) is 2. The summed E-state index contributed by atoms with van der Waals surface area (Å²) in [5.74, 6) is 3.00. The molecule has 4 aliphatic carbocycles. The Morgan fingerprint density at radius 3 is 2.17 bits per heavy atom. The van der Waals surface area contributed by atoms with E-state index >= 15 is 0 Å². The first-order valence-electron chi connectivity index (χ1n) is 12.1. The molecule has 4 saturated carbocycles. The molecule has 5 rings (SSSR count). The summed E-state index contributed by atoms with van der Waals surface area (Å²) < 4.78 is 5.76. The Kier molecular flexibility index (Phi) is 7.29. The third-order valence-electron chi connectivity index (χ3n) is 7.48. The van der Waals surface area contributed by atoms with Crippen molar-refractivity contribution in [3.05, 3.63) is 35.9 Å². The van der Waals surface area contributed by atoms with Crippen LogP contribution >= 0.6 is 0 Å². The number of aryl methyl sites for hydroxylation is 1. The summed E-state index contributed by atoms with van der Waals surface area (Å²) in [6.45, 7) is 1.70.